The molecule has 1 aliphatic carbocycles. The monoisotopic (exact) mass is 563 g/mol. The fourth-order valence-corrected chi connectivity index (χ4v) is 6.54. The number of aliphatic hydroxyl groups is 1. The fraction of sp³-hybridized carbons (Fsp3) is 0.593. The Morgan fingerprint density at radius 1 is 1.03 bits per heavy atom. The molecule has 1 unspecified atom stereocenters. The van der Waals surface area contributed by atoms with Crippen molar-refractivity contribution in [1.82, 2.24) is 9.97 Å². The van der Waals surface area contributed by atoms with Gasteiger partial charge in [-0.1, -0.05) is 0 Å². The summed E-state index contributed by atoms with van der Waals surface area (Å²) in [5.41, 5.74) is 1.81. The van der Waals surface area contributed by atoms with Crippen molar-refractivity contribution >= 4 is 33.2 Å². The molecule has 1 aromatic heterocycles. The minimum atomic E-state index is -3.78. The van der Waals surface area contributed by atoms with Crippen LogP contribution in [-0.4, -0.2) is 73.4 Å². The topological polar surface area (TPSA) is 116 Å². The molecule has 2 N–H and O–H groups in total. The number of benzene rings is 1. The largest absolute Gasteiger partial charge is 0.395 e. The summed E-state index contributed by atoms with van der Waals surface area (Å²) in [5.74, 6) is -2.63. The molecule has 0 radical (unpaired) electrons. The van der Waals surface area contributed by atoms with Crippen LogP contribution in [0.3, 0.4) is 0 Å². The lowest BCUT2D eigenvalue weighted by molar-refractivity contribution is -0.0222. The average molecular weight is 564 g/mol. The first-order valence-corrected chi connectivity index (χ1v) is 15.0. The number of hydrogen-bond acceptors (Lipinski definition) is 8. The molecule has 3 heterocycles. The zero-order valence-electron chi connectivity index (χ0n) is 22.3. The van der Waals surface area contributed by atoms with Gasteiger partial charge in [0.25, 0.3) is 11.8 Å². The Morgan fingerprint density at radius 2 is 1.67 bits per heavy atom. The second kappa shape index (κ2) is 10.3. The van der Waals surface area contributed by atoms with Crippen molar-refractivity contribution in [3.05, 3.63) is 35.5 Å². The van der Waals surface area contributed by atoms with E-state index in [1.807, 2.05) is 0 Å². The van der Waals surface area contributed by atoms with Crippen LogP contribution in [0.5, 0.6) is 0 Å². The van der Waals surface area contributed by atoms with Crippen LogP contribution in [-0.2, 0) is 9.84 Å². The Bertz CT molecular complexity index is 1350. The predicted octanol–water partition coefficient (Wildman–Crippen LogP) is 3.81. The van der Waals surface area contributed by atoms with Gasteiger partial charge in [-0.3, -0.25) is 4.79 Å². The first-order chi connectivity index (χ1) is 18.4. The van der Waals surface area contributed by atoms with E-state index in [0.29, 0.717) is 22.4 Å². The maximum Gasteiger partial charge on any atom is 0.258 e. The van der Waals surface area contributed by atoms with Gasteiger partial charge in [-0.2, -0.15) is 4.98 Å². The van der Waals surface area contributed by atoms with E-state index < -0.39 is 33.5 Å². The number of anilines is 3. The van der Waals surface area contributed by atoms with Gasteiger partial charge in [0.15, 0.2) is 9.84 Å². The number of sulfone groups is 1. The van der Waals surface area contributed by atoms with Crippen molar-refractivity contribution in [3.8, 4) is 0 Å². The third kappa shape index (κ3) is 5.86. The van der Waals surface area contributed by atoms with E-state index in [9.17, 15) is 27.1 Å². The average Bonchev–Trinajstić information content (AvgIpc) is 3.66. The number of nitrogens with zero attached hydrogens (tertiary/aromatic N) is 4. The SMILES string of the molecule is Cc1cc(NC(=O)c2ccc(S(=O)(=O)C(C)CO)cc2N2CCC3(CC2)CC3)nc(N2CCC(F)(F)CC2)n1. The summed E-state index contributed by atoms with van der Waals surface area (Å²) in [4.78, 5) is 26.2. The lowest BCUT2D eigenvalue weighted by Crippen LogP contribution is -2.40. The normalized spacial score (nSPS) is 21.1. The second-order valence-corrected chi connectivity index (χ2v) is 13.6. The minimum absolute atomic E-state index is 0.0596. The van der Waals surface area contributed by atoms with Crippen LogP contribution in [0.2, 0.25) is 0 Å². The zero-order valence-corrected chi connectivity index (χ0v) is 23.1. The Morgan fingerprint density at radius 3 is 2.28 bits per heavy atom. The molecule has 2 saturated heterocycles. The molecular formula is C27H35F2N5O4S. The van der Waals surface area contributed by atoms with Gasteiger partial charge in [0.1, 0.15) is 5.82 Å². The third-order valence-corrected chi connectivity index (χ3v) is 10.4. The number of halogens is 2. The van der Waals surface area contributed by atoms with Gasteiger partial charge in [0, 0.05) is 50.8 Å². The van der Waals surface area contributed by atoms with Crippen LogP contribution in [0, 0.1) is 12.3 Å². The first-order valence-electron chi connectivity index (χ1n) is 13.5. The summed E-state index contributed by atoms with van der Waals surface area (Å²) in [6.07, 6.45) is 3.83. The summed E-state index contributed by atoms with van der Waals surface area (Å²) in [7, 11) is -3.78. The van der Waals surface area contributed by atoms with E-state index in [4.69, 9.17) is 0 Å². The van der Waals surface area contributed by atoms with E-state index >= 15 is 0 Å². The van der Waals surface area contributed by atoms with Crippen molar-refractivity contribution in [1.29, 1.82) is 0 Å². The molecule has 5 rings (SSSR count). The number of hydrogen-bond donors (Lipinski definition) is 2. The van der Waals surface area contributed by atoms with Crippen LogP contribution in [0.15, 0.2) is 29.2 Å². The number of carbonyl (C=O) groups excluding carboxylic acids is 1. The van der Waals surface area contributed by atoms with E-state index in [2.05, 4.69) is 20.2 Å². The number of amides is 1. The second-order valence-electron chi connectivity index (χ2n) is 11.2. The summed E-state index contributed by atoms with van der Waals surface area (Å²) < 4.78 is 53.3. The molecule has 12 heteroatoms. The smallest absolute Gasteiger partial charge is 0.258 e. The molecule has 1 aromatic carbocycles. The molecule has 1 atom stereocenters. The number of alkyl halides is 2. The maximum atomic E-state index is 13.6. The number of aliphatic hydroxyl groups excluding tert-OH is 1. The lowest BCUT2D eigenvalue weighted by atomic mass is 9.93. The number of carbonyl (C=O) groups is 1. The molecule has 3 fully saturated rings. The van der Waals surface area contributed by atoms with Gasteiger partial charge in [-0.15, -0.1) is 0 Å². The van der Waals surface area contributed by atoms with Crippen LogP contribution in [0.25, 0.3) is 0 Å². The summed E-state index contributed by atoms with van der Waals surface area (Å²) in [6, 6.07) is 6.05. The van der Waals surface area contributed by atoms with Crippen molar-refractivity contribution in [2.45, 2.75) is 68.4 Å². The van der Waals surface area contributed by atoms with Crippen LogP contribution in [0.4, 0.5) is 26.2 Å². The summed E-state index contributed by atoms with van der Waals surface area (Å²) >= 11 is 0. The highest BCUT2D eigenvalue weighted by atomic mass is 32.2. The standard InChI is InChI=1S/C27H35F2N5O4S/c1-18-15-23(32-25(30-18)34-13-9-27(28,29)10-14-34)31-24(36)21-4-3-20(39(37,38)19(2)17-35)16-22(21)33-11-7-26(5-6-26)8-12-33/h3-4,15-16,19,35H,5-14,17H2,1-2H3,(H,30,31,32,36). The highest BCUT2D eigenvalue weighted by Gasteiger charge is 2.45. The molecule has 9 nitrogen and oxygen atoms in total. The van der Waals surface area contributed by atoms with E-state index in [1.54, 1.807) is 17.9 Å². The first kappa shape index (κ1) is 27.7. The summed E-state index contributed by atoms with van der Waals surface area (Å²) in [5, 5.41) is 11.3. The molecular weight excluding hydrogens is 528 g/mol. The Kier molecular flexibility index (Phi) is 7.30. The molecule has 1 amide bonds. The van der Waals surface area contributed by atoms with Crippen LogP contribution >= 0.6 is 0 Å². The van der Waals surface area contributed by atoms with Gasteiger partial charge < -0.3 is 20.2 Å². The molecule has 3 aliphatic rings. The highest BCUT2D eigenvalue weighted by Crippen LogP contribution is 2.54. The molecule has 1 saturated carbocycles. The van der Waals surface area contributed by atoms with Crippen molar-refractivity contribution in [2.75, 3.05) is 47.9 Å². The van der Waals surface area contributed by atoms with Crippen molar-refractivity contribution < 1.29 is 27.1 Å². The molecule has 0 bridgehead atoms. The predicted molar refractivity (Wildman–Crippen MR) is 144 cm³/mol. The molecule has 39 heavy (non-hydrogen) atoms. The van der Waals surface area contributed by atoms with Gasteiger partial charge in [-0.05, 0) is 63.1 Å². The van der Waals surface area contributed by atoms with Gasteiger partial charge in [0.05, 0.1) is 28.0 Å². The minimum Gasteiger partial charge on any atom is -0.395 e. The summed E-state index contributed by atoms with van der Waals surface area (Å²) in [6.45, 7) is 4.36. The van der Waals surface area contributed by atoms with Crippen LogP contribution in [0.1, 0.15) is 61.5 Å². The molecule has 2 aromatic rings. The zero-order chi connectivity index (χ0) is 28.0. The van der Waals surface area contributed by atoms with E-state index in [-0.39, 0.29) is 42.6 Å². The van der Waals surface area contributed by atoms with Crippen LogP contribution < -0.4 is 15.1 Å². The molecule has 2 aliphatic heterocycles. The number of aryl methyl sites for hydroxylation is 1. The van der Waals surface area contributed by atoms with Crippen molar-refractivity contribution in [3.63, 3.8) is 0 Å². The number of aromatic nitrogens is 2. The number of piperidine rings is 2. The maximum absolute atomic E-state index is 13.6. The fourth-order valence-electron chi connectivity index (χ4n) is 5.35. The third-order valence-electron chi connectivity index (χ3n) is 8.31. The van der Waals surface area contributed by atoms with E-state index in [0.717, 1.165) is 25.9 Å². The number of nitrogens with one attached hydrogen (secondary N) is 1. The van der Waals surface area contributed by atoms with Crippen molar-refractivity contribution in [2.24, 2.45) is 5.41 Å². The lowest BCUT2D eigenvalue weighted by Gasteiger charge is -2.35. The van der Waals surface area contributed by atoms with E-state index in [1.165, 1.54) is 38.0 Å². The molecule has 1 spiro atoms. The highest BCUT2D eigenvalue weighted by molar-refractivity contribution is 7.92. The quantitative estimate of drug-likeness (QED) is 0.523. The number of rotatable bonds is 7. The Balaban J connectivity index is 1.42. The van der Waals surface area contributed by atoms with Gasteiger partial charge >= 0.3 is 0 Å². The Labute approximate surface area is 227 Å². The molecule has 212 valence electrons. The van der Waals surface area contributed by atoms with Gasteiger partial charge in [-0.25, -0.2) is 22.2 Å². The van der Waals surface area contributed by atoms with Gasteiger partial charge in [0.2, 0.25) is 5.95 Å². The Hall–Kier alpha value is -2.86.